The number of halogens is 1. The molecule has 10 nitrogen and oxygen atoms in total. The van der Waals surface area contributed by atoms with E-state index in [4.69, 9.17) is 26.3 Å². The van der Waals surface area contributed by atoms with Gasteiger partial charge in [0.05, 0.1) is 10.7 Å². The molecule has 2 aromatic heterocycles. The number of nitrogens with zero attached hydrogens (tertiary/aromatic N) is 7. The summed E-state index contributed by atoms with van der Waals surface area (Å²) in [5.74, 6) is 1.00. The van der Waals surface area contributed by atoms with E-state index in [1.54, 1.807) is 9.47 Å². The maximum Gasteiger partial charge on any atom is 0.319 e. The summed E-state index contributed by atoms with van der Waals surface area (Å²) in [7, 11) is 2.09. The zero-order chi connectivity index (χ0) is 30.2. The lowest BCUT2D eigenvalue weighted by atomic mass is 10.1. The molecule has 11 heteroatoms. The van der Waals surface area contributed by atoms with Crippen molar-refractivity contribution in [2.45, 2.75) is 45.2 Å². The molecule has 2 atom stereocenters. The number of anilines is 1. The molecule has 43 heavy (non-hydrogen) atoms. The van der Waals surface area contributed by atoms with Gasteiger partial charge in [-0.2, -0.15) is 9.97 Å². The highest BCUT2D eigenvalue weighted by atomic mass is 35.5. The Morgan fingerprint density at radius 1 is 1.12 bits per heavy atom. The van der Waals surface area contributed by atoms with E-state index >= 15 is 0 Å². The van der Waals surface area contributed by atoms with Gasteiger partial charge >= 0.3 is 6.01 Å². The highest BCUT2D eigenvalue weighted by Gasteiger charge is 2.31. The average molecular weight is 602 g/mol. The second-order valence-electron chi connectivity index (χ2n) is 11.3. The number of fused-ring (bicyclic) bond motifs is 2. The monoisotopic (exact) mass is 601 g/mol. The van der Waals surface area contributed by atoms with Gasteiger partial charge in [0.15, 0.2) is 11.3 Å². The molecule has 2 unspecified atom stereocenters. The first-order valence-electron chi connectivity index (χ1n) is 14.8. The van der Waals surface area contributed by atoms with Crippen LogP contribution in [0.1, 0.15) is 32.5 Å². The summed E-state index contributed by atoms with van der Waals surface area (Å²) in [5.41, 5.74) is 0.941. The molecule has 1 amide bonds. The van der Waals surface area contributed by atoms with Gasteiger partial charge in [-0.25, -0.2) is 4.98 Å². The predicted molar refractivity (Wildman–Crippen MR) is 170 cm³/mol. The predicted octanol–water partition coefficient (Wildman–Crippen LogP) is 4.24. The Hall–Kier alpha value is -4.02. The van der Waals surface area contributed by atoms with Crippen LogP contribution >= 0.6 is 11.6 Å². The van der Waals surface area contributed by atoms with Crippen LogP contribution in [0.4, 0.5) is 5.82 Å². The fraction of sp³-hybridized carbons (Fsp3) is 0.406. The number of likely N-dealkylation sites (N-methyl/N-ethyl adjacent to an activating group) is 1. The number of hydrogen-bond donors (Lipinski definition) is 0. The standard InChI is InChI=1S/C32H36ClN7O3/c1-5-25-34-28-29(31(42)40(25)24-14-8-11-21-10-7-13-23(33)27(21)24)35-32(43-19-22-12-9-15-37(22)4)36-30(28)39-17-16-38(18-20(39)3)26(41)6-2/h6-8,10-11,13-14,20,22H,2,5,9,12,15-19H2,1,3-4H3. The van der Waals surface area contributed by atoms with Crippen molar-refractivity contribution in [2.24, 2.45) is 0 Å². The van der Waals surface area contributed by atoms with Crippen LogP contribution in [0.2, 0.25) is 5.02 Å². The molecule has 0 bridgehead atoms. The van der Waals surface area contributed by atoms with Crippen molar-refractivity contribution in [1.82, 2.24) is 29.3 Å². The summed E-state index contributed by atoms with van der Waals surface area (Å²) in [4.78, 5) is 47.5. The zero-order valence-electron chi connectivity index (χ0n) is 24.8. The Bertz CT molecular complexity index is 1770. The fourth-order valence-corrected chi connectivity index (χ4v) is 6.53. The maximum atomic E-state index is 14.5. The smallest absolute Gasteiger partial charge is 0.319 e. The molecular formula is C32H36ClN7O3. The summed E-state index contributed by atoms with van der Waals surface area (Å²) in [5, 5.41) is 2.25. The molecule has 0 N–H and O–H groups in total. The number of carbonyl (C=O) groups is 1. The normalized spacial score (nSPS) is 19.3. The molecule has 2 aromatic carbocycles. The molecule has 2 aliphatic heterocycles. The third kappa shape index (κ3) is 5.34. The number of carbonyl (C=O) groups excluding carboxylic acids is 1. The lowest BCUT2D eigenvalue weighted by molar-refractivity contribution is -0.126. The molecule has 6 rings (SSSR count). The third-order valence-corrected chi connectivity index (χ3v) is 8.92. The fourth-order valence-electron chi connectivity index (χ4n) is 6.25. The van der Waals surface area contributed by atoms with Crippen LogP contribution in [-0.4, -0.2) is 87.1 Å². The average Bonchev–Trinajstić information content (AvgIpc) is 3.43. The first-order valence-corrected chi connectivity index (χ1v) is 15.2. The van der Waals surface area contributed by atoms with Gasteiger partial charge in [0.25, 0.3) is 5.56 Å². The van der Waals surface area contributed by atoms with Crippen molar-refractivity contribution in [3.05, 3.63) is 70.3 Å². The lowest BCUT2D eigenvalue weighted by Gasteiger charge is -2.40. The van der Waals surface area contributed by atoms with E-state index in [9.17, 15) is 9.59 Å². The van der Waals surface area contributed by atoms with E-state index in [1.807, 2.05) is 50.2 Å². The molecule has 4 aromatic rings. The van der Waals surface area contributed by atoms with E-state index < -0.39 is 0 Å². The molecule has 224 valence electrons. The van der Waals surface area contributed by atoms with Crippen LogP contribution in [0.5, 0.6) is 6.01 Å². The van der Waals surface area contributed by atoms with Crippen molar-refractivity contribution in [3.8, 4) is 11.7 Å². The molecule has 0 saturated carbocycles. The Labute approximate surface area is 255 Å². The van der Waals surface area contributed by atoms with E-state index in [-0.39, 0.29) is 35.1 Å². The number of hydrogen-bond acceptors (Lipinski definition) is 8. The van der Waals surface area contributed by atoms with Gasteiger partial charge in [-0.05, 0) is 57.0 Å². The van der Waals surface area contributed by atoms with Crippen molar-refractivity contribution in [1.29, 1.82) is 0 Å². The van der Waals surface area contributed by atoms with Gasteiger partial charge in [0.1, 0.15) is 17.9 Å². The van der Waals surface area contributed by atoms with Gasteiger partial charge in [-0.3, -0.25) is 14.2 Å². The minimum atomic E-state index is -0.311. The molecule has 0 spiro atoms. The number of benzene rings is 2. The van der Waals surface area contributed by atoms with Crippen molar-refractivity contribution < 1.29 is 9.53 Å². The van der Waals surface area contributed by atoms with Crippen LogP contribution in [0.25, 0.3) is 27.5 Å². The minimum absolute atomic E-state index is 0.0873. The zero-order valence-corrected chi connectivity index (χ0v) is 25.5. The molecule has 2 fully saturated rings. The quantitative estimate of drug-likeness (QED) is 0.290. The SMILES string of the molecule is C=CC(=O)N1CCN(c2nc(OCC3CCCN3C)nc3c(=O)n(-c4cccc5cccc(Cl)c45)c(CC)nc23)C(C)C1. The Morgan fingerprint density at radius 3 is 2.60 bits per heavy atom. The topological polar surface area (TPSA) is 96.7 Å². The summed E-state index contributed by atoms with van der Waals surface area (Å²) in [6.07, 6.45) is 3.98. The van der Waals surface area contributed by atoms with E-state index in [0.29, 0.717) is 60.5 Å². The molecule has 2 saturated heterocycles. The Kier molecular flexibility index (Phi) is 8.07. The number of aryl methyl sites for hydroxylation is 1. The third-order valence-electron chi connectivity index (χ3n) is 8.60. The van der Waals surface area contributed by atoms with Crippen molar-refractivity contribution in [3.63, 3.8) is 0 Å². The second-order valence-corrected chi connectivity index (χ2v) is 11.7. The van der Waals surface area contributed by atoms with Gasteiger partial charge in [0.2, 0.25) is 5.91 Å². The lowest BCUT2D eigenvalue weighted by Crippen LogP contribution is -2.53. The van der Waals surface area contributed by atoms with E-state index in [1.165, 1.54) is 6.08 Å². The number of rotatable bonds is 7. The van der Waals surface area contributed by atoms with Gasteiger partial charge in [-0.1, -0.05) is 49.4 Å². The molecule has 0 aliphatic carbocycles. The summed E-state index contributed by atoms with van der Waals surface area (Å²) in [6.45, 7) is 10.6. The largest absolute Gasteiger partial charge is 0.462 e. The molecule has 2 aliphatic rings. The molecule has 0 radical (unpaired) electrons. The number of ether oxygens (including phenoxy) is 1. The van der Waals surface area contributed by atoms with Crippen molar-refractivity contribution >= 4 is 45.1 Å². The van der Waals surface area contributed by atoms with Gasteiger partial charge < -0.3 is 19.4 Å². The van der Waals surface area contributed by atoms with Crippen LogP contribution < -0.4 is 15.2 Å². The number of amides is 1. The highest BCUT2D eigenvalue weighted by molar-refractivity contribution is 6.36. The molecule has 4 heterocycles. The van der Waals surface area contributed by atoms with Gasteiger partial charge in [-0.15, -0.1) is 0 Å². The first kappa shape index (κ1) is 29.1. The van der Waals surface area contributed by atoms with Crippen molar-refractivity contribution in [2.75, 3.05) is 44.7 Å². The maximum absolute atomic E-state index is 14.5. The van der Waals surface area contributed by atoms with E-state index in [2.05, 4.69) is 28.4 Å². The number of aromatic nitrogens is 4. The summed E-state index contributed by atoms with van der Waals surface area (Å²) < 4.78 is 7.81. The van der Waals surface area contributed by atoms with Crippen LogP contribution in [-0.2, 0) is 11.2 Å². The van der Waals surface area contributed by atoms with Gasteiger partial charge in [0, 0.05) is 43.5 Å². The summed E-state index contributed by atoms with van der Waals surface area (Å²) in [6, 6.07) is 11.8. The van der Waals surface area contributed by atoms with E-state index in [0.717, 1.165) is 30.2 Å². The second kappa shape index (κ2) is 11.9. The highest BCUT2D eigenvalue weighted by Crippen LogP contribution is 2.32. The van der Waals surface area contributed by atoms with Crippen LogP contribution in [0.15, 0.2) is 53.8 Å². The first-order chi connectivity index (χ1) is 20.8. The Balaban J connectivity index is 1.53. The summed E-state index contributed by atoms with van der Waals surface area (Å²) >= 11 is 6.68. The molecular weight excluding hydrogens is 566 g/mol. The van der Waals surface area contributed by atoms with Crippen LogP contribution in [0.3, 0.4) is 0 Å². The number of likely N-dealkylation sites (tertiary alicyclic amines) is 1. The van der Waals surface area contributed by atoms with Crippen LogP contribution in [0, 0.1) is 0 Å². The Morgan fingerprint density at radius 2 is 1.91 bits per heavy atom. The number of piperazine rings is 1. The minimum Gasteiger partial charge on any atom is -0.462 e.